The second-order valence-corrected chi connectivity index (χ2v) is 3.65. The second kappa shape index (κ2) is 3.09. The number of amides is 1. The molecule has 0 bridgehead atoms. The zero-order valence-corrected chi connectivity index (χ0v) is 8.40. The number of aromatic nitrogens is 2. The summed E-state index contributed by atoms with van der Waals surface area (Å²) in [5, 5.41) is 4.20. The third-order valence-electron chi connectivity index (χ3n) is 2.50. The molecule has 1 aliphatic rings. The Morgan fingerprint density at radius 3 is 2.79 bits per heavy atom. The predicted molar refractivity (Wildman–Crippen MR) is 52.9 cm³/mol. The molecule has 1 atom stereocenters. The molecule has 0 unspecified atom stereocenters. The van der Waals surface area contributed by atoms with E-state index in [-0.39, 0.29) is 11.9 Å². The Bertz CT molecular complexity index is 371. The van der Waals surface area contributed by atoms with Crippen molar-refractivity contribution in [3.8, 4) is 0 Å². The first-order chi connectivity index (χ1) is 6.59. The summed E-state index contributed by atoms with van der Waals surface area (Å²) in [4.78, 5) is 13.3. The number of aryl methyl sites for hydroxylation is 2. The largest absolute Gasteiger partial charge is 0.320 e. The zero-order chi connectivity index (χ0) is 10.3. The van der Waals surface area contributed by atoms with Gasteiger partial charge in [0.15, 0.2) is 0 Å². The van der Waals surface area contributed by atoms with E-state index in [4.69, 9.17) is 5.73 Å². The van der Waals surface area contributed by atoms with Crippen LogP contribution < -0.4 is 10.6 Å². The van der Waals surface area contributed by atoms with Gasteiger partial charge in [-0.25, -0.2) is 0 Å². The van der Waals surface area contributed by atoms with E-state index in [0.29, 0.717) is 6.54 Å². The van der Waals surface area contributed by atoms with Crippen LogP contribution in [0.2, 0.25) is 0 Å². The Morgan fingerprint density at radius 2 is 2.36 bits per heavy atom. The Labute approximate surface area is 82.5 Å². The lowest BCUT2D eigenvalue weighted by molar-refractivity contribution is -0.118. The second-order valence-electron chi connectivity index (χ2n) is 3.65. The van der Waals surface area contributed by atoms with E-state index < -0.39 is 0 Å². The van der Waals surface area contributed by atoms with Gasteiger partial charge >= 0.3 is 0 Å². The highest BCUT2D eigenvalue weighted by Crippen LogP contribution is 2.20. The van der Waals surface area contributed by atoms with Gasteiger partial charge in [-0.05, 0) is 13.3 Å². The molecule has 1 aromatic heterocycles. The first kappa shape index (κ1) is 9.21. The molecule has 1 saturated heterocycles. The van der Waals surface area contributed by atoms with Gasteiger partial charge in [0.25, 0.3) is 0 Å². The quantitative estimate of drug-likeness (QED) is 0.673. The summed E-state index contributed by atoms with van der Waals surface area (Å²) in [6.45, 7) is 2.60. The van der Waals surface area contributed by atoms with Gasteiger partial charge in [-0.15, -0.1) is 0 Å². The Morgan fingerprint density at radius 1 is 1.64 bits per heavy atom. The fourth-order valence-corrected chi connectivity index (χ4v) is 1.78. The molecule has 1 fully saturated rings. The van der Waals surface area contributed by atoms with Crippen LogP contribution in [0.5, 0.6) is 0 Å². The van der Waals surface area contributed by atoms with Gasteiger partial charge in [0.05, 0.1) is 11.7 Å². The van der Waals surface area contributed by atoms with Crippen molar-refractivity contribution in [2.75, 3.05) is 11.4 Å². The van der Waals surface area contributed by atoms with Crippen LogP contribution in [0.25, 0.3) is 0 Å². The number of carbonyl (C=O) groups is 1. The van der Waals surface area contributed by atoms with Crippen LogP contribution in [0, 0.1) is 6.92 Å². The molecule has 1 amide bonds. The van der Waals surface area contributed by atoms with Crippen molar-refractivity contribution in [3.05, 3.63) is 11.8 Å². The molecule has 5 nitrogen and oxygen atoms in total. The van der Waals surface area contributed by atoms with E-state index in [1.54, 1.807) is 9.58 Å². The normalized spacial score (nSPS) is 22.1. The van der Waals surface area contributed by atoms with E-state index >= 15 is 0 Å². The van der Waals surface area contributed by atoms with Crippen LogP contribution in [0.15, 0.2) is 6.07 Å². The van der Waals surface area contributed by atoms with Crippen molar-refractivity contribution in [1.82, 2.24) is 9.78 Å². The third-order valence-corrected chi connectivity index (χ3v) is 2.50. The summed E-state index contributed by atoms with van der Waals surface area (Å²) in [6.07, 6.45) is 0.725. The molecule has 0 aromatic carbocycles. The summed E-state index contributed by atoms with van der Waals surface area (Å²) in [5.41, 5.74) is 6.55. The maximum Gasteiger partial charge on any atom is 0.245 e. The first-order valence-electron chi connectivity index (χ1n) is 4.67. The third kappa shape index (κ3) is 1.29. The number of hydrogen-bond donors (Lipinski definition) is 1. The average Bonchev–Trinajstić information content (AvgIpc) is 2.59. The highest BCUT2D eigenvalue weighted by atomic mass is 16.2. The van der Waals surface area contributed by atoms with Crippen molar-refractivity contribution in [2.45, 2.75) is 19.4 Å². The van der Waals surface area contributed by atoms with E-state index in [0.717, 1.165) is 17.9 Å². The minimum absolute atomic E-state index is 0.00648. The molecule has 0 radical (unpaired) electrons. The van der Waals surface area contributed by atoms with Gasteiger partial charge < -0.3 is 5.73 Å². The molecule has 0 spiro atoms. The van der Waals surface area contributed by atoms with Crippen molar-refractivity contribution < 1.29 is 4.79 Å². The monoisotopic (exact) mass is 194 g/mol. The Kier molecular flexibility index (Phi) is 2.03. The number of rotatable bonds is 1. The van der Waals surface area contributed by atoms with Crippen LogP contribution in [-0.4, -0.2) is 28.3 Å². The fourth-order valence-electron chi connectivity index (χ4n) is 1.78. The number of carbonyl (C=O) groups excluding carboxylic acids is 1. The molecule has 76 valence electrons. The lowest BCUT2D eigenvalue weighted by Gasteiger charge is -2.15. The van der Waals surface area contributed by atoms with E-state index in [2.05, 4.69) is 5.10 Å². The summed E-state index contributed by atoms with van der Waals surface area (Å²) in [5.74, 6) is 0.827. The number of anilines is 1. The SMILES string of the molecule is Cc1cc(N2CC[C@@H](N)C2=O)n(C)n1. The summed E-state index contributed by atoms with van der Waals surface area (Å²) < 4.78 is 1.71. The van der Waals surface area contributed by atoms with E-state index in [1.807, 2.05) is 20.0 Å². The molecule has 5 heteroatoms. The molecule has 14 heavy (non-hydrogen) atoms. The van der Waals surface area contributed by atoms with Gasteiger partial charge in [0.2, 0.25) is 5.91 Å². The van der Waals surface area contributed by atoms with Crippen LogP contribution in [0.4, 0.5) is 5.82 Å². The first-order valence-corrected chi connectivity index (χ1v) is 4.67. The van der Waals surface area contributed by atoms with Crippen molar-refractivity contribution in [2.24, 2.45) is 12.8 Å². The molecule has 2 N–H and O–H groups in total. The van der Waals surface area contributed by atoms with Gasteiger partial charge in [0.1, 0.15) is 5.82 Å². The molecule has 2 rings (SSSR count). The van der Waals surface area contributed by atoms with Crippen molar-refractivity contribution in [1.29, 1.82) is 0 Å². The van der Waals surface area contributed by atoms with E-state index in [9.17, 15) is 4.79 Å². The van der Waals surface area contributed by atoms with Gasteiger partial charge in [-0.3, -0.25) is 14.4 Å². The van der Waals surface area contributed by atoms with Crippen LogP contribution >= 0.6 is 0 Å². The maximum atomic E-state index is 11.6. The standard InChI is InChI=1S/C9H14N4O/c1-6-5-8(12(2)11-6)13-4-3-7(10)9(13)14/h5,7H,3-4,10H2,1-2H3/t7-/m1/s1. The minimum Gasteiger partial charge on any atom is -0.320 e. The molecule has 2 heterocycles. The smallest absolute Gasteiger partial charge is 0.245 e. The van der Waals surface area contributed by atoms with Crippen LogP contribution in [0.3, 0.4) is 0 Å². The molecule has 0 aliphatic carbocycles. The maximum absolute atomic E-state index is 11.6. The van der Waals surface area contributed by atoms with Crippen molar-refractivity contribution in [3.63, 3.8) is 0 Å². The summed E-state index contributed by atoms with van der Waals surface area (Å²) >= 11 is 0. The lowest BCUT2D eigenvalue weighted by atomic mass is 10.3. The number of nitrogens with zero attached hydrogens (tertiary/aromatic N) is 3. The molecule has 1 aliphatic heterocycles. The molecule has 1 aromatic rings. The van der Waals surface area contributed by atoms with Gasteiger partial charge in [-0.1, -0.05) is 0 Å². The zero-order valence-electron chi connectivity index (χ0n) is 8.40. The lowest BCUT2D eigenvalue weighted by Crippen LogP contribution is -2.34. The average molecular weight is 194 g/mol. The highest BCUT2D eigenvalue weighted by Gasteiger charge is 2.31. The molecular weight excluding hydrogens is 180 g/mol. The Hall–Kier alpha value is -1.36. The topological polar surface area (TPSA) is 64.2 Å². The van der Waals surface area contributed by atoms with Crippen molar-refractivity contribution >= 4 is 11.7 Å². The number of hydrogen-bond acceptors (Lipinski definition) is 3. The fraction of sp³-hybridized carbons (Fsp3) is 0.556. The molecular formula is C9H14N4O. The van der Waals surface area contributed by atoms with Crippen LogP contribution in [-0.2, 0) is 11.8 Å². The summed E-state index contributed by atoms with van der Waals surface area (Å²) in [7, 11) is 1.83. The van der Waals surface area contributed by atoms with Gasteiger partial charge in [0, 0.05) is 19.7 Å². The minimum atomic E-state index is -0.342. The Balaban J connectivity index is 2.32. The summed E-state index contributed by atoms with van der Waals surface area (Å²) in [6, 6.07) is 1.56. The van der Waals surface area contributed by atoms with E-state index in [1.165, 1.54) is 0 Å². The molecule has 0 saturated carbocycles. The van der Waals surface area contributed by atoms with Gasteiger partial charge in [-0.2, -0.15) is 5.10 Å². The predicted octanol–water partition coefficient (Wildman–Crippen LogP) is -0.207. The van der Waals surface area contributed by atoms with Crippen LogP contribution in [0.1, 0.15) is 12.1 Å². The number of nitrogens with two attached hydrogens (primary N) is 1. The highest BCUT2D eigenvalue weighted by molar-refractivity contribution is 5.98.